The van der Waals surface area contributed by atoms with Crippen LogP contribution in [0, 0.1) is 13.8 Å². The third-order valence-corrected chi connectivity index (χ3v) is 3.73. The molecular formula is C18H31N. The predicted molar refractivity (Wildman–Crippen MR) is 87.0 cm³/mol. The summed E-state index contributed by atoms with van der Waals surface area (Å²) in [6.45, 7) is 7.72. The molecule has 0 aliphatic rings. The van der Waals surface area contributed by atoms with Crippen LogP contribution in [0.15, 0.2) is 18.2 Å². The van der Waals surface area contributed by atoms with Crippen LogP contribution in [0.25, 0.3) is 0 Å². The van der Waals surface area contributed by atoms with Gasteiger partial charge in [-0.1, -0.05) is 69.6 Å². The van der Waals surface area contributed by atoms with Crippen molar-refractivity contribution >= 4 is 5.69 Å². The smallest absolute Gasteiger partial charge is 0.0370 e. The van der Waals surface area contributed by atoms with Crippen molar-refractivity contribution in [2.45, 2.75) is 72.1 Å². The Bertz CT molecular complexity index is 344. The van der Waals surface area contributed by atoms with Crippen LogP contribution in [0.5, 0.6) is 0 Å². The Morgan fingerprint density at radius 2 is 1.47 bits per heavy atom. The molecule has 1 rings (SSSR count). The van der Waals surface area contributed by atoms with Crippen LogP contribution in [-0.2, 0) is 0 Å². The zero-order chi connectivity index (χ0) is 13.9. The van der Waals surface area contributed by atoms with Crippen LogP contribution in [0.4, 0.5) is 5.69 Å². The minimum atomic E-state index is 1.11. The molecule has 1 nitrogen and oxygen atoms in total. The highest BCUT2D eigenvalue weighted by atomic mass is 14.9. The largest absolute Gasteiger partial charge is 0.385 e. The highest BCUT2D eigenvalue weighted by Crippen LogP contribution is 2.16. The van der Waals surface area contributed by atoms with E-state index in [1.54, 1.807) is 0 Å². The summed E-state index contributed by atoms with van der Waals surface area (Å²) in [5, 5.41) is 3.55. The summed E-state index contributed by atoms with van der Waals surface area (Å²) in [5.74, 6) is 0. The molecule has 1 aromatic rings. The zero-order valence-electron chi connectivity index (χ0n) is 13.1. The van der Waals surface area contributed by atoms with E-state index in [1.165, 1.54) is 68.2 Å². The summed E-state index contributed by atoms with van der Waals surface area (Å²) >= 11 is 0. The van der Waals surface area contributed by atoms with Gasteiger partial charge in [-0.15, -0.1) is 0 Å². The number of rotatable bonds is 10. The van der Waals surface area contributed by atoms with Gasteiger partial charge in [0.15, 0.2) is 0 Å². The van der Waals surface area contributed by atoms with Gasteiger partial charge in [0.1, 0.15) is 0 Å². The summed E-state index contributed by atoms with van der Waals surface area (Å²) in [7, 11) is 0. The van der Waals surface area contributed by atoms with Crippen LogP contribution in [0.2, 0.25) is 0 Å². The number of hydrogen-bond acceptors (Lipinski definition) is 1. The molecule has 19 heavy (non-hydrogen) atoms. The van der Waals surface area contributed by atoms with Crippen molar-refractivity contribution in [2.75, 3.05) is 11.9 Å². The SMILES string of the molecule is CCCCCCCCCCNc1ccc(C)cc1C. The lowest BCUT2D eigenvalue weighted by Crippen LogP contribution is -2.03. The second-order valence-electron chi connectivity index (χ2n) is 5.72. The first kappa shape index (κ1) is 16.1. The number of unbranched alkanes of at least 4 members (excludes halogenated alkanes) is 7. The van der Waals surface area contributed by atoms with Crippen molar-refractivity contribution in [1.82, 2.24) is 0 Å². The molecule has 108 valence electrons. The molecule has 0 saturated carbocycles. The molecule has 0 bridgehead atoms. The molecule has 0 unspecified atom stereocenters. The third kappa shape index (κ3) is 7.25. The Hall–Kier alpha value is -0.980. The minimum absolute atomic E-state index is 1.11. The first-order valence-corrected chi connectivity index (χ1v) is 8.05. The molecule has 0 amide bonds. The van der Waals surface area contributed by atoms with Gasteiger partial charge in [0.05, 0.1) is 0 Å². The van der Waals surface area contributed by atoms with Gasteiger partial charge in [0.25, 0.3) is 0 Å². The van der Waals surface area contributed by atoms with E-state index in [-0.39, 0.29) is 0 Å². The predicted octanol–water partition coefficient (Wildman–Crippen LogP) is 5.86. The molecule has 0 fully saturated rings. The molecule has 1 heteroatoms. The van der Waals surface area contributed by atoms with Gasteiger partial charge in [0.2, 0.25) is 0 Å². The number of aryl methyl sites for hydroxylation is 2. The van der Waals surface area contributed by atoms with Crippen molar-refractivity contribution in [3.05, 3.63) is 29.3 Å². The molecule has 1 N–H and O–H groups in total. The molecule has 0 aromatic heterocycles. The molecular weight excluding hydrogens is 230 g/mol. The van der Waals surface area contributed by atoms with Crippen molar-refractivity contribution in [2.24, 2.45) is 0 Å². The fourth-order valence-corrected chi connectivity index (χ4v) is 2.49. The molecule has 0 aliphatic carbocycles. The molecule has 0 spiro atoms. The Kier molecular flexibility index (Phi) is 8.36. The maximum atomic E-state index is 3.55. The van der Waals surface area contributed by atoms with Crippen molar-refractivity contribution in [3.8, 4) is 0 Å². The highest BCUT2D eigenvalue weighted by molar-refractivity contribution is 5.51. The van der Waals surface area contributed by atoms with Crippen molar-refractivity contribution < 1.29 is 0 Å². The normalized spacial score (nSPS) is 10.7. The maximum Gasteiger partial charge on any atom is 0.0370 e. The van der Waals surface area contributed by atoms with Crippen LogP contribution < -0.4 is 5.32 Å². The van der Waals surface area contributed by atoms with E-state index in [0.717, 1.165) is 6.54 Å². The molecule has 0 heterocycles. The van der Waals surface area contributed by atoms with E-state index in [4.69, 9.17) is 0 Å². The van der Waals surface area contributed by atoms with E-state index in [2.05, 4.69) is 44.3 Å². The second-order valence-corrected chi connectivity index (χ2v) is 5.72. The lowest BCUT2D eigenvalue weighted by molar-refractivity contribution is 0.581. The van der Waals surface area contributed by atoms with Gasteiger partial charge in [-0.2, -0.15) is 0 Å². The third-order valence-electron chi connectivity index (χ3n) is 3.73. The zero-order valence-corrected chi connectivity index (χ0v) is 13.1. The Morgan fingerprint density at radius 1 is 0.842 bits per heavy atom. The van der Waals surface area contributed by atoms with Crippen molar-refractivity contribution in [3.63, 3.8) is 0 Å². The number of anilines is 1. The first-order valence-electron chi connectivity index (χ1n) is 8.05. The first-order chi connectivity index (χ1) is 9.24. The Morgan fingerprint density at radius 3 is 2.11 bits per heavy atom. The Balaban J connectivity index is 2.01. The van der Waals surface area contributed by atoms with Crippen LogP contribution in [0.1, 0.15) is 69.4 Å². The van der Waals surface area contributed by atoms with Gasteiger partial charge in [-0.3, -0.25) is 0 Å². The van der Waals surface area contributed by atoms with Gasteiger partial charge in [-0.25, -0.2) is 0 Å². The van der Waals surface area contributed by atoms with Crippen LogP contribution in [0.3, 0.4) is 0 Å². The lowest BCUT2D eigenvalue weighted by Gasteiger charge is -2.10. The molecule has 1 aromatic carbocycles. The molecule has 0 saturated heterocycles. The summed E-state index contributed by atoms with van der Waals surface area (Å²) < 4.78 is 0. The second kappa shape index (κ2) is 9.89. The van der Waals surface area contributed by atoms with Gasteiger partial charge >= 0.3 is 0 Å². The van der Waals surface area contributed by atoms with E-state index >= 15 is 0 Å². The monoisotopic (exact) mass is 261 g/mol. The Labute approximate surface area is 119 Å². The van der Waals surface area contributed by atoms with E-state index in [1.807, 2.05) is 0 Å². The molecule has 0 aliphatic heterocycles. The quantitative estimate of drug-likeness (QED) is 0.520. The van der Waals surface area contributed by atoms with E-state index in [0.29, 0.717) is 0 Å². The summed E-state index contributed by atoms with van der Waals surface area (Å²) in [6, 6.07) is 6.63. The van der Waals surface area contributed by atoms with E-state index < -0.39 is 0 Å². The van der Waals surface area contributed by atoms with E-state index in [9.17, 15) is 0 Å². The number of benzene rings is 1. The average Bonchev–Trinajstić information content (AvgIpc) is 2.39. The summed E-state index contributed by atoms with van der Waals surface area (Å²) in [5.41, 5.74) is 4.00. The van der Waals surface area contributed by atoms with Crippen LogP contribution in [-0.4, -0.2) is 6.54 Å². The lowest BCUT2D eigenvalue weighted by atomic mass is 10.1. The highest BCUT2D eigenvalue weighted by Gasteiger charge is 1.97. The number of nitrogens with one attached hydrogen (secondary N) is 1. The van der Waals surface area contributed by atoms with Gasteiger partial charge in [-0.05, 0) is 31.9 Å². The maximum absolute atomic E-state index is 3.55. The van der Waals surface area contributed by atoms with Crippen LogP contribution >= 0.6 is 0 Å². The fourth-order valence-electron chi connectivity index (χ4n) is 2.49. The minimum Gasteiger partial charge on any atom is -0.385 e. The van der Waals surface area contributed by atoms with Gasteiger partial charge in [0, 0.05) is 12.2 Å². The fraction of sp³-hybridized carbons (Fsp3) is 0.667. The van der Waals surface area contributed by atoms with Gasteiger partial charge < -0.3 is 5.32 Å². The summed E-state index contributed by atoms with van der Waals surface area (Å²) in [6.07, 6.45) is 11.1. The average molecular weight is 261 g/mol. The molecule has 0 radical (unpaired) electrons. The molecule has 0 atom stereocenters. The number of hydrogen-bond donors (Lipinski definition) is 1. The van der Waals surface area contributed by atoms with Crippen molar-refractivity contribution in [1.29, 1.82) is 0 Å². The topological polar surface area (TPSA) is 12.0 Å². The summed E-state index contributed by atoms with van der Waals surface area (Å²) in [4.78, 5) is 0. The standard InChI is InChI=1S/C18H31N/c1-4-5-6-7-8-9-10-11-14-19-18-13-12-16(2)15-17(18)3/h12-13,15,19H,4-11,14H2,1-3H3.